The Morgan fingerprint density at radius 3 is 2.31 bits per heavy atom. The van der Waals surface area contributed by atoms with E-state index < -0.39 is 44.5 Å². The average Bonchev–Trinajstić information content (AvgIpc) is 3.29. The lowest BCUT2D eigenvalue weighted by molar-refractivity contribution is -0.141. The molecule has 1 aliphatic rings. The molecule has 0 radical (unpaired) electrons. The Morgan fingerprint density at radius 2 is 1.71 bits per heavy atom. The third-order valence-electron chi connectivity index (χ3n) is 5.66. The van der Waals surface area contributed by atoms with Crippen molar-refractivity contribution in [3.05, 3.63) is 47.8 Å². The third-order valence-corrected chi connectivity index (χ3v) is 8.13. The van der Waals surface area contributed by atoms with Gasteiger partial charge in [0.15, 0.2) is 15.5 Å². The molecule has 0 bridgehead atoms. The summed E-state index contributed by atoms with van der Waals surface area (Å²) in [5, 5.41) is 8.05. The number of urea groups is 1. The van der Waals surface area contributed by atoms with Gasteiger partial charge in [-0.25, -0.2) is 17.9 Å². The molecule has 1 fully saturated rings. The molecule has 0 spiro atoms. The summed E-state index contributed by atoms with van der Waals surface area (Å²) >= 11 is 0. The van der Waals surface area contributed by atoms with Crippen molar-refractivity contribution >= 4 is 21.8 Å². The summed E-state index contributed by atoms with van der Waals surface area (Å²) in [6, 6.07) is 7.69. The van der Waals surface area contributed by atoms with Gasteiger partial charge in [0.2, 0.25) is 0 Å². The second-order valence-corrected chi connectivity index (χ2v) is 10.6. The number of carbonyl (C=O) groups is 2. The molecule has 3 amide bonds. The fourth-order valence-electron chi connectivity index (χ4n) is 3.88. The van der Waals surface area contributed by atoms with E-state index in [0.29, 0.717) is 38.0 Å². The minimum atomic E-state index is -4.82. The van der Waals surface area contributed by atoms with Crippen LogP contribution >= 0.6 is 0 Å². The van der Waals surface area contributed by atoms with Crippen LogP contribution in [0.4, 0.5) is 18.0 Å². The lowest BCUT2D eigenvalue weighted by Gasteiger charge is -2.31. The van der Waals surface area contributed by atoms with Crippen molar-refractivity contribution in [1.82, 2.24) is 25.3 Å². The Labute approximate surface area is 201 Å². The number of nitrogens with one attached hydrogen (secondary N) is 2. The topological polar surface area (TPSA) is 113 Å². The summed E-state index contributed by atoms with van der Waals surface area (Å²) in [4.78, 5) is 26.3. The first-order valence-corrected chi connectivity index (χ1v) is 13.0. The third kappa shape index (κ3) is 6.74. The normalized spacial score (nSPS) is 15.1. The first-order chi connectivity index (χ1) is 16.5. The van der Waals surface area contributed by atoms with Gasteiger partial charge in [-0.2, -0.15) is 18.3 Å². The SMILES string of the molecule is CCCS(=O)(=O)C1CCN(C(=O)NCCNC(=O)c2cn(-c3ccccc3)nc2C(F)(F)F)CC1. The van der Waals surface area contributed by atoms with Crippen molar-refractivity contribution in [2.75, 3.05) is 31.9 Å². The quantitative estimate of drug-likeness (QED) is 0.525. The zero-order chi connectivity index (χ0) is 25.6. The van der Waals surface area contributed by atoms with Crippen molar-refractivity contribution < 1.29 is 31.2 Å². The van der Waals surface area contributed by atoms with Crippen LogP contribution in [0.3, 0.4) is 0 Å². The smallest absolute Gasteiger partial charge is 0.350 e. The highest BCUT2D eigenvalue weighted by Crippen LogP contribution is 2.31. The summed E-state index contributed by atoms with van der Waals surface area (Å²) in [6.45, 7) is 2.28. The molecule has 1 aromatic carbocycles. The molecule has 9 nitrogen and oxygen atoms in total. The largest absolute Gasteiger partial charge is 0.435 e. The maximum atomic E-state index is 13.4. The van der Waals surface area contributed by atoms with Crippen molar-refractivity contribution in [2.24, 2.45) is 0 Å². The molecule has 1 aliphatic heterocycles. The highest BCUT2D eigenvalue weighted by atomic mass is 32.2. The molecule has 0 aliphatic carbocycles. The molecule has 192 valence electrons. The molecule has 2 N–H and O–H groups in total. The van der Waals surface area contributed by atoms with Crippen LogP contribution in [-0.4, -0.2) is 72.2 Å². The number of aromatic nitrogens is 2. The predicted octanol–water partition coefficient (Wildman–Crippen LogP) is 2.62. The molecule has 1 aromatic heterocycles. The Kier molecular flexibility index (Phi) is 8.41. The van der Waals surface area contributed by atoms with E-state index >= 15 is 0 Å². The number of carbonyl (C=O) groups excluding carboxylic acids is 2. The second-order valence-electron chi connectivity index (χ2n) is 8.21. The lowest BCUT2D eigenvalue weighted by Crippen LogP contribution is -2.48. The van der Waals surface area contributed by atoms with Gasteiger partial charge < -0.3 is 15.5 Å². The molecule has 0 atom stereocenters. The van der Waals surface area contributed by atoms with Gasteiger partial charge in [0.1, 0.15) is 0 Å². The zero-order valence-corrected chi connectivity index (χ0v) is 20.0. The molecule has 0 saturated carbocycles. The molecule has 13 heteroatoms. The van der Waals surface area contributed by atoms with Crippen LogP contribution in [0.25, 0.3) is 5.69 Å². The fourth-order valence-corrected chi connectivity index (χ4v) is 5.72. The van der Waals surface area contributed by atoms with Crippen LogP contribution < -0.4 is 10.6 Å². The number of piperidine rings is 1. The number of rotatable bonds is 8. The molecular formula is C22H28F3N5O4S. The van der Waals surface area contributed by atoms with Crippen LogP contribution in [0, 0.1) is 0 Å². The van der Waals surface area contributed by atoms with Crippen LogP contribution in [0.1, 0.15) is 42.2 Å². The van der Waals surface area contributed by atoms with Gasteiger partial charge in [-0.15, -0.1) is 0 Å². The average molecular weight is 516 g/mol. The van der Waals surface area contributed by atoms with Crippen LogP contribution in [0.15, 0.2) is 36.5 Å². The maximum Gasteiger partial charge on any atom is 0.435 e. The number of benzene rings is 1. The van der Waals surface area contributed by atoms with Crippen molar-refractivity contribution in [3.8, 4) is 5.69 Å². The first-order valence-electron chi connectivity index (χ1n) is 11.3. The molecule has 1 saturated heterocycles. The van der Waals surface area contributed by atoms with Gasteiger partial charge in [0, 0.05) is 32.4 Å². The maximum absolute atomic E-state index is 13.4. The minimum Gasteiger partial charge on any atom is -0.350 e. The predicted molar refractivity (Wildman–Crippen MR) is 123 cm³/mol. The Bertz CT molecular complexity index is 1130. The van der Waals surface area contributed by atoms with Gasteiger partial charge in [-0.1, -0.05) is 25.1 Å². The number of likely N-dealkylation sites (tertiary alicyclic amines) is 1. The molecular weight excluding hydrogens is 487 g/mol. The molecule has 2 heterocycles. The van der Waals surface area contributed by atoms with Gasteiger partial charge in [-0.05, 0) is 31.4 Å². The molecule has 0 unspecified atom stereocenters. The van der Waals surface area contributed by atoms with E-state index in [4.69, 9.17) is 0 Å². The molecule has 3 rings (SSSR count). The monoisotopic (exact) mass is 515 g/mol. The lowest BCUT2D eigenvalue weighted by atomic mass is 10.1. The first kappa shape index (κ1) is 26.5. The van der Waals surface area contributed by atoms with Gasteiger partial charge in [0.05, 0.1) is 22.3 Å². The summed E-state index contributed by atoms with van der Waals surface area (Å²) < 4.78 is 65.6. The van der Waals surface area contributed by atoms with E-state index in [-0.39, 0.29) is 18.8 Å². The van der Waals surface area contributed by atoms with Crippen molar-refractivity contribution in [1.29, 1.82) is 0 Å². The number of amides is 3. The van der Waals surface area contributed by atoms with Crippen molar-refractivity contribution in [2.45, 2.75) is 37.6 Å². The highest BCUT2D eigenvalue weighted by Gasteiger charge is 2.39. The summed E-state index contributed by atoms with van der Waals surface area (Å²) in [5.74, 6) is -0.833. The number of hydrogen-bond acceptors (Lipinski definition) is 5. The van der Waals surface area contributed by atoms with E-state index in [1.54, 1.807) is 37.3 Å². The van der Waals surface area contributed by atoms with Gasteiger partial charge >= 0.3 is 12.2 Å². The van der Waals surface area contributed by atoms with Crippen LogP contribution in [0.5, 0.6) is 0 Å². The Hall–Kier alpha value is -3.09. The summed E-state index contributed by atoms with van der Waals surface area (Å²) in [7, 11) is -3.16. The number of hydrogen-bond donors (Lipinski definition) is 2. The fraction of sp³-hybridized carbons (Fsp3) is 0.500. The van der Waals surface area contributed by atoms with Crippen LogP contribution in [0.2, 0.25) is 0 Å². The summed E-state index contributed by atoms with van der Waals surface area (Å²) in [5.41, 5.74) is -1.55. The number of nitrogens with zero attached hydrogens (tertiary/aromatic N) is 3. The van der Waals surface area contributed by atoms with E-state index in [1.807, 2.05) is 0 Å². The van der Waals surface area contributed by atoms with Gasteiger partial charge in [-0.3, -0.25) is 4.79 Å². The minimum absolute atomic E-state index is 0.00713. The Morgan fingerprint density at radius 1 is 1.09 bits per heavy atom. The van der Waals surface area contributed by atoms with E-state index in [0.717, 1.165) is 10.9 Å². The molecule has 35 heavy (non-hydrogen) atoms. The van der Waals surface area contributed by atoms with E-state index in [1.165, 1.54) is 4.90 Å². The summed E-state index contributed by atoms with van der Waals surface area (Å²) in [6.07, 6.45) is -2.54. The Balaban J connectivity index is 1.51. The number of alkyl halides is 3. The van der Waals surface area contributed by atoms with Gasteiger partial charge in [0.25, 0.3) is 5.91 Å². The zero-order valence-electron chi connectivity index (χ0n) is 19.2. The number of sulfone groups is 1. The van der Waals surface area contributed by atoms with Crippen LogP contribution in [-0.2, 0) is 16.0 Å². The molecule has 2 aromatic rings. The van der Waals surface area contributed by atoms with E-state index in [9.17, 15) is 31.2 Å². The van der Waals surface area contributed by atoms with Crippen molar-refractivity contribution in [3.63, 3.8) is 0 Å². The second kappa shape index (κ2) is 11.1. The standard InChI is InChI=1S/C22H28F3N5O4S/c1-2-14-35(33,34)17-8-12-29(13-9-17)21(32)27-11-10-26-20(31)18-15-30(16-6-4-3-5-7-16)28-19(18)22(23,24)25/h3-7,15,17H,2,8-14H2,1H3,(H,26,31)(H,27,32). The number of para-hydroxylation sites is 1. The number of halogens is 3. The highest BCUT2D eigenvalue weighted by molar-refractivity contribution is 7.92. The van der Waals surface area contributed by atoms with E-state index in [2.05, 4.69) is 15.7 Å².